The molecule has 6 nitrogen and oxygen atoms in total. The predicted octanol–water partition coefficient (Wildman–Crippen LogP) is 4.57. The van der Waals surface area contributed by atoms with E-state index in [9.17, 15) is 15.2 Å². The van der Waals surface area contributed by atoms with E-state index in [0.29, 0.717) is 29.9 Å². The Balaban J connectivity index is 1.67. The van der Waals surface area contributed by atoms with E-state index in [4.69, 9.17) is 4.98 Å². The fraction of sp³-hybridized carbons (Fsp3) is 0.241. The number of hydrogen-bond acceptors (Lipinski definition) is 5. The van der Waals surface area contributed by atoms with Gasteiger partial charge in [-0.05, 0) is 47.7 Å². The molecule has 1 N–H and O–H groups in total. The smallest absolute Gasteiger partial charge is 0.257 e. The van der Waals surface area contributed by atoms with Crippen LogP contribution in [0.5, 0.6) is 0 Å². The summed E-state index contributed by atoms with van der Waals surface area (Å²) < 4.78 is 1.67. The summed E-state index contributed by atoms with van der Waals surface area (Å²) in [6, 6.07) is 21.4. The first-order valence-corrected chi connectivity index (χ1v) is 11.8. The Morgan fingerprint density at radius 2 is 1.77 bits per heavy atom. The summed E-state index contributed by atoms with van der Waals surface area (Å²) in [7, 11) is 0. The summed E-state index contributed by atoms with van der Waals surface area (Å²) in [6.45, 7) is 4.20. The molecule has 0 saturated carbocycles. The SMILES string of the molecule is CCCc1nc(C)n(Cc2ccc(CO)cn2)c(=O)c1Cc1ccc(-c2ccccc2C#N)cc1. The first-order valence-electron chi connectivity index (χ1n) is 11.8. The van der Waals surface area contributed by atoms with Crippen molar-refractivity contribution in [3.8, 4) is 17.2 Å². The average molecular weight is 465 g/mol. The van der Waals surface area contributed by atoms with E-state index in [1.807, 2.05) is 67.6 Å². The summed E-state index contributed by atoms with van der Waals surface area (Å²) in [5.41, 5.74) is 6.48. The summed E-state index contributed by atoms with van der Waals surface area (Å²) in [5, 5.41) is 18.7. The maximum absolute atomic E-state index is 13.6. The topological polar surface area (TPSA) is 91.8 Å². The average Bonchev–Trinajstić information content (AvgIpc) is 2.89. The second-order valence-corrected chi connectivity index (χ2v) is 8.57. The molecule has 0 saturated heterocycles. The highest BCUT2D eigenvalue weighted by Gasteiger charge is 2.16. The minimum absolute atomic E-state index is 0.0483. The van der Waals surface area contributed by atoms with Crippen molar-refractivity contribution in [1.82, 2.24) is 14.5 Å². The van der Waals surface area contributed by atoms with Gasteiger partial charge < -0.3 is 5.11 Å². The molecule has 0 radical (unpaired) electrons. The molecule has 2 aromatic heterocycles. The van der Waals surface area contributed by atoms with Gasteiger partial charge in [-0.25, -0.2) is 4.98 Å². The van der Waals surface area contributed by atoms with Crippen molar-refractivity contribution in [2.45, 2.75) is 46.3 Å². The number of pyridine rings is 1. The van der Waals surface area contributed by atoms with Crippen molar-refractivity contribution in [3.05, 3.63) is 117 Å². The Morgan fingerprint density at radius 3 is 2.43 bits per heavy atom. The van der Waals surface area contributed by atoms with E-state index < -0.39 is 0 Å². The highest BCUT2D eigenvalue weighted by molar-refractivity contribution is 5.70. The van der Waals surface area contributed by atoms with E-state index in [1.165, 1.54) is 0 Å². The van der Waals surface area contributed by atoms with Crippen molar-refractivity contribution in [2.24, 2.45) is 0 Å². The summed E-state index contributed by atoms with van der Waals surface area (Å²) in [4.78, 5) is 22.8. The minimum atomic E-state index is -0.0649. The molecule has 0 bridgehead atoms. The largest absolute Gasteiger partial charge is 0.392 e. The first-order chi connectivity index (χ1) is 17.0. The minimum Gasteiger partial charge on any atom is -0.392 e. The molecule has 4 aromatic rings. The van der Waals surface area contributed by atoms with E-state index in [1.54, 1.807) is 10.8 Å². The third-order valence-corrected chi connectivity index (χ3v) is 6.11. The highest BCUT2D eigenvalue weighted by atomic mass is 16.3. The first kappa shape index (κ1) is 24.1. The van der Waals surface area contributed by atoms with Gasteiger partial charge in [-0.15, -0.1) is 0 Å². The lowest BCUT2D eigenvalue weighted by atomic mass is 9.97. The molecule has 176 valence electrons. The Morgan fingerprint density at radius 1 is 1.03 bits per heavy atom. The number of nitriles is 1. The van der Waals surface area contributed by atoms with Crippen LogP contribution in [0.4, 0.5) is 0 Å². The van der Waals surface area contributed by atoms with E-state index >= 15 is 0 Å². The van der Waals surface area contributed by atoms with Crippen LogP contribution in [0.2, 0.25) is 0 Å². The van der Waals surface area contributed by atoms with Gasteiger partial charge in [0.1, 0.15) is 5.82 Å². The second-order valence-electron chi connectivity index (χ2n) is 8.57. The van der Waals surface area contributed by atoms with Gasteiger partial charge >= 0.3 is 0 Å². The molecule has 4 rings (SSSR count). The number of aliphatic hydroxyl groups is 1. The zero-order valence-electron chi connectivity index (χ0n) is 20.0. The van der Waals surface area contributed by atoms with Crippen LogP contribution in [-0.2, 0) is 26.0 Å². The van der Waals surface area contributed by atoms with Crippen LogP contribution in [-0.4, -0.2) is 19.6 Å². The van der Waals surface area contributed by atoms with Gasteiger partial charge in [0.05, 0.1) is 36.2 Å². The molecule has 2 heterocycles. The number of rotatable bonds is 8. The highest BCUT2D eigenvalue weighted by Crippen LogP contribution is 2.24. The van der Waals surface area contributed by atoms with Crippen LogP contribution in [0, 0.1) is 18.3 Å². The second kappa shape index (κ2) is 10.9. The van der Waals surface area contributed by atoms with E-state index in [2.05, 4.69) is 18.0 Å². The molecular weight excluding hydrogens is 436 g/mol. The van der Waals surface area contributed by atoms with Crippen molar-refractivity contribution in [2.75, 3.05) is 0 Å². The Bertz CT molecular complexity index is 1420. The molecule has 0 atom stereocenters. The molecule has 0 aliphatic carbocycles. The number of hydrogen-bond donors (Lipinski definition) is 1. The van der Waals surface area contributed by atoms with Gasteiger partial charge in [0, 0.05) is 18.2 Å². The molecule has 0 spiro atoms. The summed E-state index contributed by atoms with van der Waals surface area (Å²) in [6.07, 6.45) is 3.75. The van der Waals surface area contributed by atoms with Gasteiger partial charge in [-0.3, -0.25) is 14.3 Å². The number of benzene rings is 2. The molecule has 35 heavy (non-hydrogen) atoms. The zero-order valence-corrected chi connectivity index (χ0v) is 20.0. The number of aromatic nitrogens is 3. The van der Waals surface area contributed by atoms with Crippen molar-refractivity contribution in [1.29, 1.82) is 5.26 Å². The predicted molar refractivity (Wildman–Crippen MR) is 136 cm³/mol. The van der Waals surface area contributed by atoms with Crippen molar-refractivity contribution < 1.29 is 5.11 Å². The summed E-state index contributed by atoms with van der Waals surface area (Å²) >= 11 is 0. The molecule has 2 aromatic carbocycles. The Labute approximate surface area is 205 Å². The Kier molecular flexibility index (Phi) is 7.49. The van der Waals surface area contributed by atoms with Crippen LogP contribution in [0.15, 0.2) is 71.7 Å². The van der Waals surface area contributed by atoms with Gasteiger partial charge in [-0.2, -0.15) is 5.26 Å². The molecular formula is C29H28N4O2. The maximum Gasteiger partial charge on any atom is 0.257 e. The molecule has 0 aliphatic rings. The third-order valence-electron chi connectivity index (χ3n) is 6.11. The van der Waals surface area contributed by atoms with Crippen LogP contribution >= 0.6 is 0 Å². The lowest BCUT2D eigenvalue weighted by Gasteiger charge is -2.15. The molecule has 0 fully saturated rings. The maximum atomic E-state index is 13.6. The van der Waals surface area contributed by atoms with Gasteiger partial charge in [-0.1, -0.05) is 61.9 Å². The van der Waals surface area contributed by atoms with Crippen LogP contribution in [0.1, 0.15) is 52.8 Å². The number of nitrogens with zero attached hydrogens (tertiary/aromatic N) is 4. The molecule has 0 aliphatic heterocycles. The van der Waals surface area contributed by atoms with Gasteiger partial charge in [0.15, 0.2) is 0 Å². The quantitative estimate of drug-likeness (QED) is 0.412. The van der Waals surface area contributed by atoms with Crippen molar-refractivity contribution in [3.63, 3.8) is 0 Å². The fourth-order valence-electron chi connectivity index (χ4n) is 4.21. The van der Waals surface area contributed by atoms with Crippen LogP contribution in [0.3, 0.4) is 0 Å². The standard InChI is InChI=1S/C29H28N4O2/c1-3-6-28-27(15-21-9-12-23(13-10-21)26-8-5-4-7-24(26)16-30)29(35)33(20(2)32-28)18-25-14-11-22(19-34)17-31-25/h4-5,7-14,17,34H,3,6,15,18-19H2,1-2H3. The Hall–Kier alpha value is -4.08. The molecule has 0 unspecified atom stereocenters. The van der Waals surface area contributed by atoms with Crippen LogP contribution in [0.25, 0.3) is 11.1 Å². The summed E-state index contributed by atoms with van der Waals surface area (Å²) in [5.74, 6) is 0.665. The number of aliphatic hydroxyl groups excluding tert-OH is 1. The zero-order chi connectivity index (χ0) is 24.8. The molecule has 0 amide bonds. The monoisotopic (exact) mass is 464 g/mol. The lowest BCUT2D eigenvalue weighted by Crippen LogP contribution is -2.30. The lowest BCUT2D eigenvalue weighted by molar-refractivity contribution is 0.281. The number of aryl methyl sites for hydroxylation is 2. The van der Waals surface area contributed by atoms with Gasteiger partial charge in [0.2, 0.25) is 0 Å². The fourth-order valence-corrected chi connectivity index (χ4v) is 4.21. The van der Waals surface area contributed by atoms with E-state index in [-0.39, 0.29) is 12.2 Å². The van der Waals surface area contributed by atoms with E-state index in [0.717, 1.165) is 46.5 Å². The molecule has 6 heteroatoms. The van der Waals surface area contributed by atoms with Gasteiger partial charge in [0.25, 0.3) is 5.56 Å². The van der Waals surface area contributed by atoms with Crippen molar-refractivity contribution >= 4 is 0 Å². The normalized spacial score (nSPS) is 10.8. The third kappa shape index (κ3) is 5.37. The van der Waals surface area contributed by atoms with Crippen LogP contribution < -0.4 is 5.56 Å².